The highest BCUT2D eigenvalue weighted by Gasteiger charge is 2.64. The fraction of sp³-hybridized carbons (Fsp3) is 0.457. The smallest absolute Gasteiger partial charge is 0.264 e. The van der Waals surface area contributed by atoms with Gasteiger partial charge in [0.1, 0.15) is 24.0 Å². The molecule has 2 heterocycles. The number of carbonyl (C=O) groups excluding carboxylic acids is 6. The number of fused-ring (bicyclic) bond motifs is 1. The van der Waals surface area contributed by atoms with Crippen LogP contribution < -0.4 is 26.0 Å². The molecule has 3 aromatic rings. The Bertz CT molecular complexity index is 2180. The Labute approximate surface area is 355 Å². The number of hydrogen-bond donors (Lipinski definition) is 4. The van der Waals surface area contributed by atoms with E-state index in [2.05, 4.69) is 27.3 Å². The predicted molar refractivity (Wildman–Crippen MR) is 227 cm³/mol. The lowest BCUT2D eigenvalue weighted by Gasteiger charge is -2.63. The van der Waals surface area contributed by atoms with Gasteiger partial charge in [-0.15, -0.1) is 0 Å². The lowest BCUT2D eigenvalue weighted by Crippen LogP contribution is -2.74. The first-order valence-electron chi connectivity index (χ1n) is 20.8. The molecule has 2 fully saturated rings. The van der Waals surface area contributed by atoms with Crippen molar-refractivity contribution in [1.82, 2.24) is 20.9 Å². The van der Waals surface area contributed by atoms with Gasteiger partial charge in [-0.1, -0.05) is 83.9 Å². The van der Waals surface area contributed by atoms with Crippen molar-refractivity contribution in [1.29, 1.82) is 5.26 Å². The number of nitrogens with zero attached hydrogens (tertiary/aromatic N) is 2. The van der Waals surface area contributed by atoms with Crippen LogP contribution in [0.25, 0.3) is 0 Å². The van der Waals surface area contributed by atoms with Gasteiger partial charge in [-0.25, -0.2) is 0 Å². The van der Waals surface area contributed by atoms with Crippen molar-refractivity contribution < 1.29 is 33.5 Å². The highest BCUT2D eigenvalue weighted by molar-refractivity contribution is 6.31. The Hall–Kier alpha value is -5.74. The van der Waals surface area contributed by atoms with Crippen molar-refractivity contribution in [3.63, 3.8) is 0 Å². The molecule has 6 rings (SSSR count). The second kappa shape index (κ2) is 18.7. The van der Waals surface area contributed by atoms with E-state index in [9.17, 15) is 34.0 Å². The van der Waals surface area contributed by atoms with E-state index in [0.29, 0.717) is 46.2 Å². The quantitative estimate of drug-likeness (QED) is 0.0760. The standard InChI is InChI=1S/C46H53ClN6O7/c1-45(2)43(46(3,4)44(45)60-31-21-20-30(27-48)33(47)26-31)52-39(56)29-18-16-28(17-19-29)38(55)50-25-12-10-8-6-5-7-9-11-24-49-34-15-13-14-32-37(34)42(59)53(41(32)58)35-22-23-36(54)51-40(35)57/h13-21,26,35,43-44,49H,5-12,22-25H2,1-4H3,(H,50,55)(H,52,56)(H,51,54,57)/t35?,43-,44-. The third kappa shape index (κ3) is 9.34. The summed E-state index contributed by atoms with van der Waals surface area (Å²) < 4.78 is 6.33. The number of unbranched alkanes of at least 4 members (excludes halogenated alkanes) is 7. The molecular weight excluding hydrogens is 784 g/mol. The van der Waals surface area contributed by atoms with Crippen LogP contribution in [0.2, 0.25) is 5.02 Å². The molecule has 0 radical (unpaired) electrons. The van der Waals surface area contributed by atoms with Crippen molar-refractivity contribution in [2.24, 2.45) is 10.8 Å². The zero-order valence-electron chi connectivity index (χ0n) is 34.6. The van der Waals surface area contributed by atoms with Gasteiger partial charge in [0.2, 0.25) is 11.8 Å². The molecule has 0 aromatic heterocycles. The van der Waals surface area contributed by atoms with E-state index in [-0.39, 0.29) is 47.9 Å². The van der Waals surface area contributed by atoms with Crippen molar-refractivity contribution in [2.75, 3.05) is 18.4 Å². The number of anilines is 1. The third-order valence-corrected chi connectivity index (χ3v) is 12.3. The SMILES string of the molecule is CC1(C)[C@H](NC(=O)c2ccc(C(=O)NCCCCCCCCCCNc3cccc4c3C(=O)N(C3CCC(=O)NC3=O)C4=O)cc2)C(C)(C)[C@H]1Oc1ccc(C#N)c(Cl)c1. The maximum absolute atomic E-state index is 13.3. The molecule has 2 aliphatic heterocycles. The topological polar surface area (TPSA) is 187 Å². The number of amides is 6. The summed E-state index contributed by atoms with van der Waals surface area (Å²) in [6.45, 7) is 9.40. The Balaban J connectivity index is 0.830. The van der Waals surface area contributed by atoms with Crippen LogP contribution in [0, 0.1) is 22.2 Å². The van der Waals surface area contributed by atoms with E-state index >= 15 is 0 Å². The molecule has 60 heavy (non-hydrogen) atoms. The molecule has 3 aliphatic rings. The second-order valence-corrected chi connectivity index (χ2v) is 17.5. The minimum absolute atomic E-state index is 0.0778. The summed E-state index contributed by atoms with van der Waals surface area (Å²) in [6.07, 6.45) is 8.09. The van der Waals surface area contributed by atoms with Gasteiger partial charge in [-0.05, 0) is 67.8 Å². The number of benzene rings is 3. The fourth-order valence-corrected chi connectivity index (χ4v) is 9.30. The first-order chi connectivity index (χ1) is 28.6. The summed E-state index contributed by atoms with van der Waals surface area (Å²) >= 11 is 6.22. The lowest BCUT2D eigenvalue weighted by atomic mass is 9.49. The zero-order chi connectivity index (χ0) is 43.2. The number of piperidine rings is 1. The summed E-state index contributed by atoms with van der Waals surface area (Å²) in [7, 11) is 0. The number of halogens is 1. The van der Waals surface area contributed by atoms with E-state index in [1.165, 1.54) is 0 Å². The molecule has 3 aromatic carbocycles. The van der Waals surface area contributed by atoms with Crippen LogP contribution in [0.4, 0.5) is 5.69 Å². The highest BCUT2D eigenvalue weighted by atomic mass is 35.5. The number of rotatable bonds is 18. The lowest BCUT2D eigenvalue weighted by molar-refractivity contribution is -0.164. The molecule has 1 saturated carbocycles. The van der Waals surface area contributed by atoms with Gasteiger partial charge in [-0.2, -0.15) is 5.26 Å². The average molecular weight is 837 g/mol. The number of nitrogens with one attached hydrogen (secondary N) is 4. The van der Waals surface area contributed by atoms with Crippen LogP contribution >= 0.6 is 11.6 Å². The van der Waals surface area contributed by atoms with Crippen molar-refractivity contribution >= 4 is 52.7 Å². The summed E-state index contributed by atoms with van der Waals surface area (Å²) in [6, 6.07) is 17.6. The average Bonchev–Trinajstić information content (AvgIpc) is 3.47. The molecule has 0 bridgehead atoms. The molecule has 0 spiro atoms. The highest BCUT2D eigenvalue weighted by Crippen LogP contribution is 2.55. The Morgan fingerprint density at radius 1 is 0.833 bits per heavy atom. The number of imide groups is 2. The number of ether oxygens (including phenoxy) is 1. The van der Waals surface area contributed by atoms with Crippen LogP contribution in [0.5, 0.6) is 5.75 Å². The molecule has 1 aliphatic carbocycles. The monoisotopic (exact) mass is 836 g/mol. The summed E-state index contributed by atoms with van der Waals surface area (Å²) in [5.74, 6) is -1.90. The van der Waals surface area contributed by atoms with Crippen LogP contribution in [0.15, 0.2) is 60.7 Å². The number of carbonyl (C=O) groups is 6. The summed E-state index contributed by atoms with van der Waals surface area (Å²) in [5.41, 5.74) is 1.65. The Morgan fingerprint density at radius 2 is 1.45 bits per heavy atom. The molecule has 1 unspecified atom stereocenters. The minimum atomic E-state index is -0.991. The van der Waals surface area contributed by atoms with Gasteiger partial charge in [0.05, 0.1) is 21.7 Å². The number of nitriles is 1. The molecule has 6 amide bonds. The van der Waals surface area contributed by atoms with Gasteiger partial charge in [0.25, 0.3) is 23.6 Å². The van der Waals surface area contributed by atoms with Gasteiger partial charge in [-0.3, -0.25) is 39.0 Å². The molecule has 13 nitrogen and oxygen atoms in total. The van der Waals surface area contributed by atoms with E-state index in [0.717, 1.165) is 56.3 Å². The van der Waals surface area contributed by atoms with Crippen molar-refractivity contribution in [3.8, 4) is 11.8 Å². The molecule has 316 valence electrons. The van der Waals surface area contributed by atoms with Crippen LogP contribution in [0.3, 0.4) is 0 Å². The molecule has 14 heteroatoms. The zero-order valence-corrected chi connectivity index (χ0v) is 35.4. The molecule has 4 N–H and O–H groups in total. The minimum Gasteiger partial charge on any atom is -0.489 e. The van der Waals surface area contributed by atoms with Gasteiger partial charge < -0.3 is 20.7 Å². The molecule has 1 saturated heterocycles. The summed E-state index contributed by atoms with van der Waals surface area (Å²) in [4.78, 5) is 77.3. The van der Waals surface area contributed by atoms with E-state index in [1.807, 2.05) is 27.7 Å². The van der Waals surface area contributed by atoms with Gasteiger partial charge in [0, 0.05) is 59.3 Å². The predicted octanol–water partition coefficient (Wildman–Crippen LogP) is 7.19. The third-order valence-electron chi connectivity index (χ3n) is 12.0. The van der Waals surface area contributed by atoms with E-state index < -0.39 is 40.5 Å². The maximum Gasteiger partial charge on any atom is 0.264 e. The van der Waals surface area contributed by atoms with Gasteiger partial charge >= 0.3 is 0 Å². The normalized spacial score (nSPS) is 20.1. The first kappa shape index (κ1) is 43.8. The largest absolute Gasteiger partial charge is 0.489 e. The summed E-state index contributed by atoms with van der Waals surface area (Å²) in [5, 5.41) is 21.2. The van der Waals surface area contributed by atoms with Crippen LogP contribution in [-0.4, -0.2) is 71.6 Å². The molecule has 1 atom stereocenters. The van der Waals surface area contributed by atoms with Crippen LogP contribution in [-0.2, 0) is 9.59 Å². The number of hydrogen-bond acceptors (Lipinski definition) is 9. The van der Waals surface area contributed by atoms with Crippen molar-refractivity contribution in [3.05, 3.63) is 93.5 Å². The van der Waals surface area contributed by atoms with E-state index in [1.54, 1.807) is 60.7 Å². The van der Waals surface area contributed by atoms with E-state index in [4.69, 9.17) is 16.3 Å². The second-order valence-electron chi connectivity index (χ2n) is 17.1. The van der Waals surface area contributed by atoms with Crippen LogP contribution in [0.1, 0.15) is 139 Å². The van der Waals surface area contributed by atoms with Gasteiger partial charge in [0.15, 0.2) is 0 Å². The van der Waals surface area contributed by atoms with Crippen molar-refractivity contribution in [2.45, 2.75) is 110 Å². The fourth-order valence-electron chi connectivity index (χ4n) is 9.08. The first-order valence-corrected chi connectivity index (χ1v) is 21.2. The maximum atomic E-state index is 13.3. The molecular formula is C46H53ClN6O7. The Kier molecular flexibility index (Phi) is 13.6. The Morgan fingerprint density at radius 3 is 2.07 bits per heavy atom.